The molecule has 26 heavy (non-hydrogen) atoms. The minimum atomic E-state index is -0.808. The summed E-state index contributed by atoms with van der Waals surface area (Å²) in [6.45, 7) is 0. The third-order valence-electron chi connectivity index (χ3n) is 4.87. The smallest absolute Gasteiger partial charge is 0.190 e. The van der Waals surface area contributed by atoms with Crippen LogP contribution in [-0.4, -0.2) is 27.1 Å². The van der Waals surface area contributed by atoms with Crippen LogP contribution in [0.5, 0.6) is 5.75 Å². The molecule has 136 valence electrons. The molecule has 0 aromatic heterocycles. The highest BCUT2D eigenvalue weighted by atomic mass is 35.5. The van der Waals surface area contributed by atoms with Crippen LogP contribution in [0.25, 0.3) is 0 Å². The lowest BCUT2D eigenvalue weighted by atomic mass is 9.81. The summed E-state index contributed by atoms with van der Waals surface area (Å²) in [6.07, 6.45) is 6.58. The summed E-state index contributed by atoms with van der Waals surface area (Å²) in [6, 6.07) is 17.9. The quantitative estimate of drug-likeness (QED) is 0.526. The number of methoxy groups -OCH3 is 3. The first-order valence-corrected chi connectivity index (χ1v) is 8.85. The molecule has 3 rings (SSSR count). The van der Waals surface area contributed by atoms with Gasteiger partial charge < -0.3 is 14.2 Å². The summed E-state index contributed by atoms with van der Waals surface area (Å²) in [7, 11) is 4.93. The van der Waals surface area contributed by atoms with Crippen molar-refractivity contribution in [1.29, 1.82) is 0 Å². The Balaban J connectivity index is 2.08. The van der Waals surface area contributed by atoms with Crippen molar-refractivity contribution >= 4 is 11.6 Å². The summed E-state index contributed by atoms with van der Waals surface area (Å²) < 4.78 is 16.3. The van der Waals surface area contributed by atoms with E-state index in [1.54, 1.807) is 21.3 Å². The molecule has 0 radical (unpaired) electrons. The van der Waals surface area contributed by atoms with Crippen molar-refractivity contribution in [2.75, 3.05) is 21.3 Å². The highest BCUT2D eigenvalue weighted by Gasteiger charge is 2.38. The van der Waals surface area contributed by atoms with E-state index in [1.807, 2.05) is 66.7 Å². The Morgan fingerprint density at radius 2 is 1.50 bits per heavy atom. The summed E-state index contributed by atoms with van der Waals surface area (Å²) in [4.78, 5) is -0.808. The van der Waals surface area contributed by atoms with Gasteiger partial charge in [-0.1, -0.05) is 54.6 Å². The number of benzene rings is 2. The van der Waals surface area contributed by atoms with Crippen LogP contribution in [0.2, 0.25) is 0 Å². The van der Waals surface area contributed by atoms with E-state index < -0.39 is 10.7 Å². The molecule has 0 aliphatic heterocycles. The molecule has 4 heteroatoms. The van der Waals surface area contributed by atoms with E-state index in [9.17, 15) is 0 Å². The Labute approximate surface area is 159 Å². The van der Waals surface area contributed by atoms with Gasteiger partial charge in [0.15, 0.2) is 5.79 Å². The van der Waals surface area contributed by atoms with Crippen molar-refractivity contribution in [2.45, 2.75) is 17.1 Å². The first kappa shape index (κ1) is 18.7. The van der Waals surface area contributed by atoms with E-state index in [2.05, 4.69) is 6.08 Å². The van der Waals surface area contributed by atoms with E-state index in [-0.39, 0.29) is 0 Å². The third-order valence-corrected chi connectivity index (χ3v) is 5.53. The number of allylic oxidation sites excluding steroid dienone is 2. The maximum Gasteiger partial charge on any atom is 0.190 e. The second-order valence-corrected chi connectivity index (χ2v) is 6.74. The fourth-order valence-corrected chi connectivity index (χ4v) is 3.63. The van der Waals surface area contributed by atoms with Crippen LogP contribution < -0.4 is 4.74 Å². The largest absolute Gasteiger partial charge is 0.497 e. The Morgan fingerprint density at radius 1 is 0.885 bits per heavy atom. The zero-order valence-electron chi connectivity index (χ0n) is 15.2. The predicted molar refractivity (Wildman–Crippen MR) is 105 cm³/mol. The first-order valence-electron chi connectivity index (χ1n) is 8.47. The third kappa shape index (κ3) is 3.30. The fourth-order valence-electron chi connectivity index (χ4n) is 3.24. The van der Waals surface area contributed by atoms with E-state index in [4.69, 9.17) is 25.8 Å². The standard InChI is InChI=1S/C22H23ClO3/c1-24-20-11-9-18(10-12-20)22(23,17-7-5-4-6-8-17)19-13-15-21(25-2,26-3)16-14-19/h4-15H,16H2,1-3H3. The lowest BCUT2D eigenvalue weighted by Gasteiger charge is -2.35. The molecule has 2 aromatic carbocycles. The van der Waals surface area contributed by atoms with Gasteiger partial charge in [0.05, 0.1) is 7.11 Å². The van der Waals surface area contributed by atoms with E-state index >= 15 is 0 Å². The highest BCUT2D eigenvalue weighted by molar-refractivity contribution is 6.28. The number of alkyl halides is 1. The zero-order valence-corrected chi connectivity index (χ0v) is 16.0. The summed E-state index contributed by atoms with van der Waals surface area (Å²) in [5.74, 6) is 0.0597. The highest BCUT2D eigenvalue weighted by Crippen LogP contribution is 2.46. The molecular formula is C22H23ClO3. The predicted octanol–water partition coefficient (Wildman–Crippen LogP) is 5.05. The molecule has 1 aliphatic rings. The Kier molecular flexibility index (Phi) is 5.52. The number of halogens is 1. The molecule has 0 spiro atoms. The maximum atomic E-state index is 7.30. The average molecular weight is 371 g/mol. The van der Waals surface area contributed by atoms with Gasteiger partial charge >= 0.3 is 0 Å². The van der Waals surface area contributed by atoms with Crippen molar-refractivity contribution in [1.82, 2.24) is 0 Å². The molecule has 0 N–H and O–H groups in total. The number of hydrogen-bond donors (Lipinski definition) is 0. The monoisotopic (exact) mass is 370 g/mol. The van der Waals surface area contributed by atoms with Crippen LogP contribution in [0.3, 0.4) is 0 Å². The molecule has 1 aliphatic carbocycles. The maximum absolute atomic E-state index is 7.30. The molecule has 0 amide bonds. The average Bonchev–Trinajstić information content (AvgIpc) is 2.74. The normalized spacial score (nSPS) is 18.1. The first-order chi connectivity index (χ1) is 12.6. The molecular weight excluding hydrogens is 348 g/mol. The molecule has 0 fully saturated rings. The van der Waals surface area contributed by atoms with Crippen LogP contribution >= 0.6 is 11.6 Å². The fraction of sp³-hybridized carbons (Fsp3) is 0.273. The van der Waals surface area contributed by atoms with Gasteiger partial charge in [-0.05, 0) is 34.9 Å². The molecule has 0 saturated carbocycles. The van der Waals surface area contributed by atoms with Crippen LogP contribution in [-0.2, 0) is 14.3 Å². The van der Waals surface area contributed by atoms with E-state index in [1.165, 1.54) is 0 Å². The Morgan fingerprint density at radius 3 is 2.00 bits per heavy atom. The molecule has 1 atom stereocenters. The Bertz CT molecular complexity index is 792. The summed E-state index contributed by atoms with van der Waals surface area (Å²) in [5.41, 5.74) is 2.97. The topological polar surface area (TPSA) is 27.7 Å². The van der Waals surface area contributed by atoms with Gasteiger partial charge in [0, 0.05) is 20.6 Å². The van der Waals surface area contributed by atoms with Gasteiger partial charge in [0.2, 0.25) is 0 Å². The van der Waals surface area contributed by atoms with Crippen LogP contribution in [0.4, 0.5) is 0 Å². The van der Waals surface area contributed by atoms with Gasteiger partial charge in [-0.3, -0.25) is 0 Å². The lowest BCUT2D eigenvalue weighted by Crippen LogP contribution is -2.34. The molecule has 3 nitrogen and oxygen atoms in total. The van der Waals surface area contributed by atoms with Crippen LogP contribution in [0.15, 0.2) is 78.4 Å². The lowest BCUT2D eigenvalue weighted by molar-refractivity contribution is -0.168. The van der Waals surface area contributed by atoms with Crippen molar-refractivity contribution in [2.24, 2.45) is 0 Å². The summed E-state index contributed by atoms with van der Waals surface area (Å²) >= 11 is 7.30. The number of rotatable bonds is 6. The SMILES string of the molecule is COc1ccc(C(Cl)(C2=CCC(OC)(OC)C=C2)c2ccccc2)cc1. The van der Waals surface area contributed by atoms with Gasteiger partial charge in [-0.25, -0.2) is 0 Å². The molecule has 1 unspecified atom stereocenters. The second-order valence-electron chi connectivity index (χ2n) is 6.17. The van der Waals surface area contributed by atoms with Gasteiger partial charge in [-0.15, -0.1) is 11.6 Å². The molecule has 0 heterocycles. The Hall–Kier alpha value is -2.07. The van der Waals surface area contributed by atoms with Crippen molar-refractivity contribution in [3.8, 4) is 5.75 Å². The van der Waals surface area contributed by atoms with Crippen molar-refractivity contribution in [3.63, 3.8) is 0 Å². The van der Waals surface area contributed by atoms with Crippen LogP contribution in [0, 0.1) is 0 Å². The van der Waals surface area contributed by atoms with E-state index in [0.717, 1.165) is 22.4 Å². The minimum Gasteiger partial charge on any atom is -0.497 e. The van der Waals surface area contributed by atoms with Crippen molar-refractivity contribution < 1.29 is 14.2 Å². The van der Waals surface area contributed by atoms with Gasteiger partial charge in [0.1, 0.15) is 10.6 Å². The molecule has 0 saturated heterocycles. The van der Waals surface area contributed by atoms with Crippen molar-refractivity contribution in [3.05, 3.63) is 89.5 Å². The van der Waals surface area contributed by atoms with Gasteiger partial charge in [0.25, 0.3) is 0 Å². The van der Waals surface area contributed by atoms with Crippen LogP contribution in [0.1, 0.15) is 17.5 Å². The molecule has 2 aromatic rings. The molecule has 0 bridgehead atoms. The summed E-state index contributed by atoms with van der Waals surface area (Å²) in [5, 5.41) is 0. The minimum absolute atomic E-state index is 0.587. The van der Waals surface area contributed by atoms with Gasteiger partial charge in [-0.2, -0.15) is 0 Å². The zero-order chi connectivity index (χ0) is 18.6. The van der Waals surface area contributed by atoms with E-state index in [0.29, 0.717) is 6.42 Å². The number of ether oxygens (including phenoxy) is 3. The second kappa shape index (κ2) is 7.67. The number of hydrogen-bond acceptors (Lipinski definition) is 3.